The van der Waals surface area contributed by atoms with Crippen molar-refractivity contribution in [3.8, 4) is 0 Å². The lowest BCUT2D eigenvalue weighted by atomic mass is 10.0. The van der Waals surface area contributed by atoms with Crippen molar-refractivity contribution < 1.29 is 0 Å². The van der Waals surface area contributed by atoms with Crippen molar-refractivity contribution in [2.45, 2.75) is 19.4 Å². The number of fused-ring (bicyclic) bond motifs is 1. The zero-order chi connectivity index (χ0) is 6.97. The van der Waals surface area contributed by atoms with Crippen LogP contribution in [0.1, 0.15) is 13.3 Å². The summed E-state index contributed by atoms with van der Waals surface area (Å²) in [6.45, 7) is 7.41. The maximum atomic E-state index is 3.44. The average molecular weight is 140 g/mol. The molecule has 0 saturated carbocycles. The third-order valence-corrected chi connectivity index (χ3v) is 2.93. The van der Waals surface area contributed by atoms with Crippen molar-refractivity contribution in [2.24, 2.45) is 5.92 Å². The third-order valence-electron chi connectivity index (χ3n) is 2.93. The van der Waals surface area contributed by atoms with E-state index >= 15 is 0 Å². The molecule has 0 radical (unpaired) electrons. The molecule has 1 N–H and O–H groups in total. The van der Waals surface area contributed by atoms with Crippen molar-refractivity contribution in [3.63, 3.8) is 0 Å². The molecule has 0 bridgehead atoms. The fraction of sp³-hybridized carbons (Fsp3) is 1.00. The van der Waals surface area contributed by atoms with Gasteiger partial charge in [-0.15, -0.1) is 0 Å². The molecule has 2 aliphatic heterocycles. The highest BCUT2D eigenvalue weighted by Crippen LogP contribution is 2.23. The molecule has 0 amide bonds. The molecular weight excluding hydrogens is 124 g/mol. The van der Waals surface area contributed by atoms with Gasteiger partial charge in [0.15, 0.2) is 0 Å². The summed E-state index contributed by atoms with van der Waals surface area (Å²) in [4.78, 5) is 2.63. The molecule has 2 rings (SSSR count). The van der Waals surface area contributed by atoms with E-state index in [-0.39, 0.29) is 0 Å². The van der Waals surface area contributed by atoms with E-state index in [1.165, 1.54) is 32.6 Å². The van der Waals surface area contributed by atoms with Crippen LogP contribution in [0, 0.1) is 5.92 Å². The Kier molecular flexibility index (Phi) is 1.66. The lowest BCUT2D eigenvalue weighted by Gasteiger charge is -2.31. The molecule has 2 nitrogen and oxygen atoms in total. The Labute approximate surface area is 62.6 Å². The highest BCUT2D eigenvalue weighted by molar-refractivity contribution is 4.89. The second-order valence-corrected chi connectivity index (χ2v) is 3.57. The van der Waals surface area contributed by atoms with Crippen LogP contribution in [0.5, 0.6) is 0 Å². The second kappa shape index (κ2) is 2.51. The standard InChI is InChI=1S/C8H16N2/c1-7-2-4-10-5-3-9-6-8(7)10/h7-9H,2-6H2,1H3. The first-order valence-electron chi connectivity index (χ1n) is 4.32. The van der Waals surface area contributed by atoms with Gasteiger partial charge in [-0.3, -0.25) is 4.90 Å². The van der Waals surface area contributed by atoms with Crippen molar-refractivity contribution >= 4 is 0 Å². The van der Waals surface area contributed by atoms with Crippen LogP contribution in [0.15, 0.2) is 0 Å². The molecule has 10 heavy (non-hydrogen) atoms. The van der Waals surface area contributed by atoms with E-state index in [0.29, 0.717) is 0 Å². The van der Waals surface area contributed by atoms with E-state index < -0.39 is 0 Å². The summed E-state index contributed by atoms with van der Waals surface area (Å²) in [5.74, 6) is 0.924. The first kappa shape index (κ1) is 6.62. The van der Waals surface area contributed by atoms with E-state index in [2.05, 4.69) is 17.1 Å². The van der Waals surface area contributed by atoms with E-state index in [9.17, 15) is 0 Å². The first-order chi connectivity index (χ1) is 4.88. The van der Waals surface area contributed by atoms with Gasteiger partial charge in [0.05, 0.1) is 0 Å². The van der Waals surface area contributed by atoms with Gasteiger partial charge in [0.25, 0.3) is 0 Å². The van der Waals surface area contributed by atoms with Crippen LogP contribution in [0.3, 0.4) is 0 Å². The average Bonchev–Trinajstić information content (AvgIpc) is 2.34. The summed E-state index contributed by atoms with van der Waals surface area (Å²) >= 11 is 0. The maximum absolute atomic E-state index is 3.44. The van der Waals surface area contributed by atoms with Crippen molar-refractivity contribution in [1.29, 1.82) is 0 Å². The largest absolute Gasteiger partial charge is 0.314 e. The molecule has 2 heteroatoms. The van der Waals surface area contributed by atoms with Crippen LogP contribution in [-0.4, -0.2) is 37.1 Å². The number of hydrogen-bond donors (Lipinski definition) is 1. The van der Waals surface area contributed by atoms with E-state index in [4.69, 9.17) is 0 Å². The van der Waals surface area contributed by atoms with Gasteiger partial charge >= 0.3 is 0 Å². The summed E-state index contributed by atoms with van der Waals surface area (Å²) in [7, 11) is 0. The smallest absolute Gasteiger partial charge is 0.0247 e. The van der Waals surface area contributed by atoms with E-state index in [0.717, 1.165) is 12.0 Å². The first-order valence-corrected chi connectivity index (χ1v) is 4.32. The SMILES string of the molecule is CC1CCN2CCNCC12. The Morgan fingerprint density at radius 3 is 3.10 bits per heavy atom. The topological polar surface area (TPSA) is 15.3 Å². The van der Waals surface area contributed by atoms with Gasteiger partial charge in [0, 0.05) is 25.7 Å². The molecule has 2 fully saturated rings. The van der Waals surface area contributed by atoms with Crippen LogP contribution in [0.25, 0.3) is 0 Å². The minimum atomic E-state index is 0.855. The van der Waals surface area contributed by atoms with Crippen LogP contribution < -0.4 is 5.32 Å². The van der Waals surface area contributed by atoms with Crippen molar-refractivity contribution in [2.75, 3.05) is 26.2 Å². The highest BCUT2D eigenvalue weighted by Gasteiger charge is 2.32. The highest BCUT2D eigenvalue weighted by atomic mass is 15.2. The normalized spacial score (nSPS) is 41.7. The molecule has 58 valence electrons. The summed E-state index contributed by atoms with van der Waals surface area (Å²) < 4.78 is 0. The van der Waals surface area contributed by atoms with E-state index in [1.54, 1.807) is 0 Å². The van der Waals surface area contributed by atoms with Crippen LogP contribution in [0.2, 0.25) is 0 Å². The molecular formula is C8H16N2. The maximum Gasteiger partial charge on any atom is 0.0247 e. The lowest BCUT2D eigenvalue weighted by molar-refractivity contribution is 0.191. The Balaban J connectivity index is 2.01. The van der Waals surface area contributed by atoms with Crippen molar-refractivity contribution in [1.82, 2.24) is 10.2 Å². The Bertz CT molecular complexity index is 122. The molecule has 0 aromatic carbocycles. The Hall–Kier alpha value is -0.0800. The molecule has 0 aliphatic carbocycles. The minimum Gasteiger partial charge on any atom is -0.314 e. The van der Waals surface area contributed by atoms with Gasteiger partial charge in [0.1, 0.15) is 0 Å². The van der Waals surface area contributed by atoms with Gasteiger partial charge in [-0.05, 0) is 18.9 Å². The Morgan fingerprint density at radius 1 is 1.40 bits per heavy atom. The minimum absolute atomic E-state index is 0.855. The zero-order valence-corrected chi connectivity index (χ0v) is 6.64. The van der Waals surface area contributed by atoms with Gasteiger partial charge < -0.3 is 5.32 Å². The van der Waals surface area contributed by atoms with Gasteiger partial charge in [0.2, 0.25) is 0 Å². The van der Waals surface area contributed by atoms with Crippen LogP contribution in [-0.2, 0) is 0 Å². The van der Waals surface area contributed by atoms with Crippen LogP contribution >= 0.6 is 0 Å². The van der Waals surface area contributed by atoms with Crippen molar-refractivity contribution in [3.05, 3.63) is 0 Å². The number of nitrogens with one attached hydrogen (secondary N) is 1. The molecule has 2 unspecified atom stereocenters. The zero-order valence-electron chi connectivity index (χ0n) is 6.64. The Morgan fingerprint density at radius 2 is 2.30 bits per heavy atom. The molecule has 2 atom stereocenters. The molecule has 2 saturated heterocycles. The summed E-state index contributed by atoms with van der Waals surface area (Å²) in [6.07, 6.45) is 1.41. The predicted molar refractivity (Wildman–Crippen MR) is 42.0 cm³/mol. The monoisotopic (exact) mass is 140 g/mol. The summed E-state index contributed by atoms with van der Waals surface area (Å²) in [5.41, 5.74) is 0. The second-order valence-electron chi connectivity index (χ2n) is 3.57. The number of nitrogens with zero attached hydrogens (tertiary/aromatic N) is 1. The lowest BCUT2D eigenvalue weighted by Crippen LogP contribution is -2.49. The van der Waals surface area contributed by atoms with Gasteiger partial charge in [-0.2, -0.15) is 0 Å². The third kappa shape index (κ3) is 0.956. The molecule has 2 heterocycles. The quantitative estimate of drug-likeness (QED) is 0.520. The van der Waals surface area contributed by atoms with Crippen LogP contribution in [0.4, 0.5) is 0 Å². The summed E-state index contributed by atoms with van der Waals surface area (Å²) in [5, 5.41) is 3.44. The molecule has 0 aromatic heterocycles. The fourth-order valence-electron chi connectivity index (χ4n) is 2.17. The molecule has 2 aliphatic rings. The van der Waals surface area contributed by atoms with Gasteiger partial charge in [-0.1, -0.05) is 6.92 Å². The fourth-order valence-corrected chi connectivity index (χ4v) is 2.17. The predicted octanol–water partition coefficient (Wildman–Crippen LogP) is 0.300. The number of hydrogen-bond acceptors (Lipinski definition) is 2. The summed E-state index contributed by atoms with van der Waals surface area (Å²) in [6, 6.07) is 0.855. The van der Waals surface area contributed by atoms with E-state index in [1.807, 2.05) is 0 Å². The number of piperazine rings is 1. The van der Waals surface area contributed by atoms with Gasteiger partial charge in [-0.25, -0.2) is 0 Å². The number of rotatable bonds is 0. The molecule has 0 aromatic rings. The molecule has 0 spiro atoms.